The number of nitrogens with zero attached hydrogens (tertiary/aromatic N) is 2. The van der Waals surface area contributed by atoms with Crippen molar-refractivity contribution in [3.63, 3.8) is 0 Å². The molecule has 3 N–H and O–H groups in total. The van der Waals surface area contributed by atoms with E-state index in [0.717, 1.165) is 43.4 Å². The van der Waals surface area contributed by atoms with Gasteiger partial charge in [0.05, 0.1) is 33.2 Å². The number of piperazine rings is 1. The minimum absolute atomic E-state index is 0.0174. The summed E-state index contributed by atoms with van der Waals surface area (Å²) in [4.78, 5) is 44.2. The average molecular weight is 754 g/mol. The molecule has 11 heteroatoms. The number of anilines is 1. The number of fused-ring (bicyclic) bond motifs is 1. The van der Waals surface area contributed by atoms with Gasteiger partial charge in [-0.15, -0.1) is 0 Å². The van der Waals surface area contributed by atoms with Crippen LogP contribution in [0.25, 0.3) is 0 Å². The second-order valence-electron chi connectivity index (χ2n) is 15.8. The van der Waals surface area contributed by atoms with E-state index in [1.807, 2.05) is 6.92 Å². The van der Waals surface area contributed by atoms with Crippen LogP contribution in [0.15, 0.2) is 60.7 Å². The molecule has 1 saturated heterocycles. The van der Waals surface area contributed by atoms with Crippen LogP contribution in [0.3, 0.4) is 0 Å². The van der Waals surface area contributed by atoms with E-state index >= 15 is 0 Å². The Bertz CT molecular complexity index is 1770. The highest BCUT2D eigenvalue weighted by Gasteiger charge is 2.81. The highest BCUT2D eigenvalue weighted by Crippen LogP contribution is 2.76. The second kappa shape index (κ2) is 14.9. The molecule has 3 fully saturated rings. The lowest BCUT2D eigenvalue weighted by atomic mass is 9.70. The van der Waals surface area contributed by atoms with Crippen LogP contribution in [0.1, 0.15) is 87.2 Å². The SMILES string of the molecule is CC(=O)c1cc(Cl)c(NC(=O)CN2CCN(CCCCC(c3ccc(F)cc3)c3ccc(F)cc3)C(C34C(=O)C(C)(N)CCC3C4(C)C)C2)c(Cl)c1. The maximum atomic E-state index is 14.4. The quantitative estimate of drug-likeness (QED) is 0.143. The number of rotatable bonds is 12. The number of carbonyl (C=O) groups excluding carboxylic acids is 3. The van der Waals surface area contributed by atoms with Gasteiger partial charge in [-0.3, -0.25) is 24.2 Å². The van der Waals surface area contributed by atoms with Gasteiger partial charge in [0, 0.05) is 37.2 Å². The molecule has 3 aromatic rings. The molecule has 0 aromatic heterocycles. The van der Waals surface area contributed by atoms with Gasteiger partial charge in [-0.25, -0.2) is 8.78 Å². The van der Waals surface area contributed by atoms with Crippen LogP contribution in [0, 0.1) is 28.4 Å². The van der Waals surface area contributed by atoms with Crippen LogP contribution in [0.5, 0.6) is 0 Å². The van der Waals surface area contributed by atoms with Gasteiger partial charge in [-0.2, -0.15) is 0 Å². The van der Waals surface area contributed by atoms with Gasteiger partial charge in [-0.05, 0) is 105 Å². The van der Waals surface area contributed by atoms with Crippen molar-refractivity contribution in [1.29, 1.82) is 0 Å². The third-order valence-electron chi connectivity index (χ3n) is 12.2. The smallest absolute Gasteiger partial charge is 0.238 e. The number of nitrogens with two attached hydrogens (primary N) is 1. The lowest BCUT2D eigenvalue weighted by molar-refractivity contribution is -0.138. The summed E-state index contributed by atoms with van der Waals surface area (Å²) in [6.07, 6.45) is 4.04. The normalized spacial score (nSPS) is 25.9. The molecule has 7 nitrogen and oxygen atoms in total. The van der Waals surface area contributed by atoms with Crippen molar-refractivity contribution >= 4 is 46.4 Å². The monoisotopic (exact) mass is 752 g/mol. The van der Waals surface area contributed by atoms with Gasteiger partial charge >= 0.3 is 0 Å². The molecule has 0 spiro atoms. The largest absolute Gasteiger partial charge is 0.322 e. The molecule has 4 unspecified atom stereocenters. The number of Topliss-reactive ketones (excluding diaryl/α,β-unsaturated/α-hetero) is 2. The average Bonchev–Trinajstić information content (AvgIpc) is 3.61. The predicted molar refractivity (Wildman–Crippen MR) is 202 cm³/mol. The fourth-order valence-corrected chi connectivity index (χ4v) is 9.95. The summed E-state index contributed by atoms with van der Waals surface area (Å²) in [5, 5.41) is 3.22. The van der Waals surface area contributed by atoms with Gasteiger partial charge in [-0.1, -0.05) is 67.7 Å². The zero-order valence-electron chi connectivity index (χ0n) is 30.3. The van der Waals surface area contributed by atoms with Gasteiger partial charge in [0.25, 0.3) is 0 Å². The summed E-state index contributed by atoms with van der Waals surface area (Å²) in [7, 11) is 0. The van der Waals surface area contributed by atoms with Crippen molar-refractivity contribution in [2.45, 2.75) is 77.3 Å². The number of benzene rings is 3. The zero-order chi connectivity index (χ0) is 37.6. The standard InChI is InChI=1S/C41H48Cl2F2N4O3/c1-25(50)28-21-32(42)37(33(43)22-28)47-36(51)24-48-19-20-49(35(23-48)41-34(39(41,2)3)16-17-40(4,46)38(41)52)18-6-5-7-31(26-8-12-29(44)13-9-26)27-10-14-30(45)15-11-27/h8-15,21-22,31,34-35H,5-7,16-20,23-24,46H2,1-4H3,(H,47,51). The minimum Gasteiger partial charge on any atom is -0.322 e. The Kier molecular flexibility index (Phi) is 11.0. The van der Waals surface area contributed by atoms with E-state index in [4.69, 9.17) is 28.9 Å². The number of amides is 1. The van der Waals surface area contributed by atoms with E-state index in [9.17, 15) is 23.2 Å². The molecule has 0 radical (unpaired) electrons. The Morgan fingerprint density at radius 2 is 1.52 bits per heavy atom. The fourth-order valence-electron chi connectivity index (χ4n) is 9.37. The molecule has 52 heavy (non-hydrogen) atoms. The summed E-state index contributed by atoms with van der Waals surface area (Å²) in [5.74, 6) is -0.780. The van der Waals surface area contributed by atoms with Gasteiger partial charge in [0.15, 0.2) is 11.6 Å². The molecular formula is C41H48Cl2F2N4O3. The van der Waals surface area contributed by atoms with Crippen molar-refractivity contribution in [2.24, 2.45) is 22.5 Å². The van der Waals surface area contributed by atoms with Crippen LogP contribution in [0.2, 0.25) is 10.0 Å². The maximum Gasteiger partial charge on any atom is 0.238 e. The fraction of sp³-hybridized carbons (Fsp3) is 0.488. The first kappa shape index (κ1) is 38.5. The van der Waals surface area contributed by atoms with Crippen molar-refractivity contribution in [3.05, 3.63) is 99.0 Å². The molecule has 2 saturated carbocycles. The number of hydrogen-bond acceptors (Lipinski definition) is 6. The molecule has 0 bridgehead atoms. The lowest BCUT2D eigenvalue weighted by Gasteiger charge is -2.48. The number of halogens is 4. The first-order chi connectivity index (χ1) is 24.6. The highest BCUT2D eigenvalue weighted by molar-refractivity contribution is 6.40. The second-order valence-corrected chi connectivity index (χ2v) is 16.6. The summed E-state index contributed by atoms with van der Waals surface area (Å²) in [6, 6.07) is 15.9. The van der Waals surface area contributed by atoms with Crippen molar-refractivity contribution in [1.82, 2.24) is 9.80 Å². The topological polar surface area (TPSA) is 95.7 Å². The predicted octanol–water partition coefficient (Wildman–Crippen LogP) is 8.12. The Hall–Kier alpha value is -3.21. The molecule has 6 rings (SSSR count). The number of carbonyl (C=O) groups is 3. The molecule has 1 heterocycles. The summed E-state index contributed by atoms with van der Waals surface area (Å²) in [5.41, 5.74) is 7.47. The lowest BCUT2D eigenvalue weighted by Crippen LogP contribution is -2.64. The van der Waals surface area contributed by atoms with Crippen LogP contribution >= 0.6 is 23.2 Å². The molecule has 3 aromatic carbocycles. The summed E-state index contributed by atoms with van der Waals surface area (Å²) in [6.45, 7) is 10.3. The maximum absolute atomic E-state index is 14.4. The number of unbranched alkanes of at least 4 members (excludes halogenated alkanes) is 1. The van der Waals surface area contributed by atoms with E-state index in [-0.39, 0.29) is 74.7 Å². The van der Waals surface area contributed by atoms with E-state index in [0.29, 0.717) is 31.6 Å². The highest BCUT2D eigenvalue weighted by atomic mass is 35.5. The first-order valence-electron chi connectivity index (χ1n) is 18.2. The van der Waals surface area contributed by atoms with E-state index < -0.39 is 11.0 Å². The van der Waals surface area contributed by atoms with E-state index in [1.54, 1.807) is 24.3 Å². The van der Waals surface area contributed by atoms with Gasteiger partial charge in [0.2, 0.25) is 5.91 Å². The van der Waals surface area contributed by atoms with E-state index in [2.05, 4.69) is 29.0 Å². The molecular weight excluding hydrogens is 705 g/mol. The number of ketones is 2. The van der Waals surface area contributed by atoms with Crippen LogP contribution < -0.4 is 11.1 Å². The molecule has 2 aliphatic carbocycles. The first-order valence-corrected chi connectivity index (χ1v) is 18.9. The van der Waals surface area contributed by atoms with E-state index in [1.165, 1.54) is 43.3 Å². The summed E-state index contributed by atoms with van der Waals surface area (Å²) >= 11 is 12.8. The third kappa shape index (κ3) is 7.32. The third-order valence-corrected chi connectivity index (χ3v) is 12.8. The van der Waals surface area contributed by atoms with Crippen molar-refractivity contribution in [3.8, 4) is 0 Å². The summed E-state index contributed by atoms with van der Waals surface area (Å²) < 4.78 is 27.6. The Balaban J connectivity index is 1.19. The molecule has 1 amide bonds. The Morgan fingerprint density at radius 3 is 2.08 bits per heavy atom. The van der Waals surface area contributed by atoms with Crippen LogP contribution in [-0.4, -0.2) is 71.6 Å². The van der Waals surface area contributed by atoms with Crippen molar-refractivity contribution in [2.75, 3.05) is 38.0 Å². The number of hydrogen-bond donors (Lipinski definition) is 2. The molecule has 278 valence electrons. The minimum atomic E-state index is -0.924. The van der Waals surface area contributed by atoms with Crippen molar-refractivity contribution < 1.29 is 23.2 Å². The Labute approximate surface area is 315 Å². The number of nitrogens with one attached hydrogen (secondary N) is 1. The van der Waals surface area contributed by atoms with Crippen LogP contribution in [-0.2, 0) is 9.59 Å². The zero-order valence-corrected chi connectivity index (χ0v) is 31.8. The van der Waals surface area contributed by atoms with Crippen LogP contribution in [0.4, 0.5) is 14.5 Å². The molecule has 1 aliphatic heterocycles. The van der Waals surface area contributed by atoms with Gasteiger partial charge in [0.1, 0.15) is 11.6 Å². The van der Waals surface area contributed by atoms with Gasteiger partial charge < -0.3 is 11.1 Å². The Morgan fingerprint density at radius 1 is 0.942 bits per heavy atom. The molecule has 4 atom stereocenters. The molecule has 3 aliphatic rings.